The maximum Gasteiger partial charge on any atom is 0.332 e. The van der Waals surface area contributed by atoms with Crippen molar-refractivity contribution in [2.75, 3.05) is 0 Å². The van der Waals surface area contributed by atoms with Gasteiger partial charge in [0, 0.05) is 19.7 Å². The molecule has 130 valence electrons. The Kier molecular flexibility index (Phi) is 3.99. The molecule has 0 amide bonds. The number of carbonyl (C=O) groups excluding carboxylic acids is 1. The van der Waals surface area contributed by atoms with Gasteiger partial charge in [-0.15, -0.1) is 0 Å². The molecule has 0 unspecified atom stereocenters. The predicted molar refractivity (Wildman–Crippen MR) is 92.0 cm³/mol. The van der Waals surface area contributed by atoms with E-state index in [1.54, 1.807) is 0 Å². The lowest BCUT2D eigenvalue weighted by Crippen LogP contribution is -2.37. The Morgan fingerprint density at radius 3 is 2.48 bits per heavy atom. The fourth-order valence-corrected chi connectivity index (χ4v) is 3.01. The lowest BCUT2D eigenvalue weighted by Gasteiger charge is -2.09. The van der Waals surface area contributed by atoms with Crippen molar-refractivity contribution in [2.24, 2.45) is 14.1 Å². The molecule has 1 aromatic carbocycles. The zero-order valence-electron chi connectivity index (χ0n) is 13.2. The van der Waals surface area contributed by atoms with Gasteiger partial charge < -0.3 is 10.2 Å². The number of Topliss-reactive ketones (excluding diaryl/α,β-unsaturated/α-hetero) is 1. The van der Waals surface area contributed by atoms with Crippen molar-refractivity contribution in [3.63, 3.8) is 0 Å². The van der Waals surface area contributed by atoms with Crippen LogP contribution in [0.3, 0.4) is 0 Å². The zero-order valence-corrected chi connectivity index (χ0v) is 14.8. The van der Waals surface area contributed by atoms with Crippen molar-refractivity contribution in [1.82, 2.24) is 18.7 Å². The molecule has 0 fully saturated rings. The maximum absolute atomic E-state index is 12.5. The van der Waals surface area contributed by atoms with Crippen LogP contribution in [0.15, 0.2) is 32.5 Å². The molecule has 25 heavy (non-hydrogen) atoms. The van der Waals surface area contributed by atoms with Crippen LogP contribution in [0.2, 0.25) is 0 Å². The van der Waals surface area contributed by atoms with Crippen LogP contribution in [0, 0.1) is 0 Å². The first kappa shape index (κ1) is 17.0. The summed E-state index contributed by atoms with van der Waals surface area (Å²) >= 11 is 3.20. The Balaban J connectivity index is 2.15. The van der Waals surface area contributed by atoms with Crippen LogP contribution in [-0.4, -0.2) is 34.7 Å². The third-order valence-electron chi connectivity index (χ3n) is 3.89. The van der Waals surface area contributed by atoms with Gasteiger partial charge in [-0.05, 0) is 34.1 Å². The van der Waals surface area contributed by atoms with E-state index in [9.17, 15) is 24.6 Å². The zero-order chi connectivity index (χ0) is 18.5. The first-order valence-corrected chi connectivity index (χ1v) is 7.88. The van der Waals surface area contributed by atoms with Gasteiger partial charge in [-0.1, -0.05) is 0 Å². The molecule has 0 aliphatic rings. The van der Waals surface area contributed by atoms with E-state index < -0.39 is 22.8 Å². The molecule has 0 atom stereocenters. The molecule has 3 rings (SSSR count). The molecule has 0 saturated carbocycles. The molecule has 0 bridgehead atoms. The quantitative estimate of drug-likeness (QED) is 0.369. The van der Waals surface area contributed by atoms with Gasteiger partial charge in [0.25, 0.3) is 5.56 Å². The van der Waals surface area contributed by atoms with E-state index in [0.717, 1.165) is 10.6 Å². The molecule has 0 radical (unpaired) electrons. The highest BCUT2D eigenvalue weighted by molar-refractivity contribution is 9.10. The highest BCUT2D eigenvalue weighted by Gasteiger charge is 2.20. The molecule has 0 saturated heterocycles. The minimum atomic E-state index is -0.563. The fraction of sp³-hybridized carbons (Fsp3) is 0.200. The molecule has 0 spiro atoms. The number of hydrogen-bond acceptors (Lipinski definition) is 6. The summed E-state index contributed by atoms with van der Waals surface area (Å²) in [6, 6.07) is 3.71. The van der Waals surface area contributed by atoms with Crippen LogP contribution in [0.25, 0.3) is 11.2 Å². The van der Waals surface area contributed by atoms with Gasteiger partial charge >= 0.3 is 5.69 Å². The average Bonchev–Trinajstić information content (AvgIpc) is 2.90. The van der Waals surface area contributed by atoms with Gasteiger partial charge in [0.1, 0.15) is 0 Å². The van der Waals surface area contributed by atoms with Gasteiger partial charge in [-0.25, -0.2) is 9.78 Å². The fourth-order valence-electron chi connectivity index (χ4n) is 2.53. The van der Waals surface area contributed by atoms with E-state index >= 15 is 0 Å². The largest absolute Gasteiger partial charge is 0.504 e. The van der Waals surface area contributed by atoms with Gasteiger partial charge in [0.05, 0.1) is 6.54 Å². The SMILES string of the molecule is Cn1c(=O)c2nc(Br)n(CC(=O)c3ccc(O)c(O)c3)c2n(C)c1=O. The lowest BCUT2D eigenvalue weighted by atomic mass is 10.1. The van der Waals surface area contributed by atoms with Crippen LogP contribution < -0.4 is 11.2 Å². The Morgan fingerprint density at radius 1 is 1.16 bits per heavy atom. The number of carbonyl (C=O) groups is 1. The van der Waals surface area contributed by atoms with E-state index in [1.165, 1.54) is 35.4 Å². The molecule has 2 aromatic heterocycles. The predicted octanol–water partition coefficient (Wildman–Crippen LogP) is 0.490. The number of rotatable bonds is 3. The minimum Gasteiger partial charge on any atom is -0.504 e. The van der Waals surface area contributed by atoms with Crippen LogP contribution >= 0.6 is 15.9 Å². The molecule has 10 heteroatoms. The highest BCUT2D eigenvalue weighted by Crippen LogP contribution is 2.26. The third kappa shape index (κ3) is 2.64. The maximum atomic E-state index is 12.5. The molecule has 3 aromatic rings. The molecule has 0 aliphatic carbocycles. The smallest absolute Gasteiger partial charge is 0.332 e. The van der Waals surface area contributed by atoms with E-state index in [0.29, 0.717) is 0 Å². The Bertz CT molecular complexity index is 1140. The van der Waals surface area contributed by atoms with Crippen molar-refractivity contribution >= 4 is 32.9 Å². The van der Waals surface area contributed by atoms with Gasteiger partial charge in [0.2, 0.25) is 0 Å². The number of benzene rings is 1. The van der Waals surface area contributed by atoms with E-state index in [1.807, 2.05) is 0 Å². The number of phenolic OH excluding ortho intramolecular Hbond substituents is 2. The molecular formula is C15H13BrN4O5. The lowest BCUT2D eigenvalue weighted by molar-refractivity contribution is 0.0972. The summed E-state index contributed by atoms with van der Waals surface area (Å²) in [6.45, 7) is -0.220. The van der Waals surface area contributed by atoms with Gasteiger partial charge in [-0.2, -0.15) is 0 Å². The van der Waals surface area contributed by atoms with Crippen molar-refractivity contribution in [3.05, 3.63) is 49.3 Å². The average molecular weight is 409 g/mol. The second kappa shape index (κ2) is 5.88. The summed E-state index contributed by atoms with van der Waals surface area (Å²) in [7, 11) is 2.83. The summed E-state index contributed by atoms with van der Waals surface area (Å²) in [4.78, 5) is 40.9. The third-order valence-corrected chi connectivity index (χ3v) is 4.50. The first-order chi connectivity index (χ1) is 11.7. The van der Waals surface area contributed by atoms with E-state index in [-0.39, 0.29) is 33.8 Å². The number of nitrogens with zero attached hydrogens (tertiary/aromatic N) is 4. The normalized spacial score (nSPS) is 11.2. The molecule has 2 heterocycles. The number of aryl methyl sites for hydroxylation is 1. The minimum absolute atomic E-state index is 0.0535. The van der Waals surface area contributed by atoms with Crippen LogP contribution in [0.5, 0.6) is 11.5 Å². The Labute approximate surface area is 148 Å². The van der Waals surface area contributed by atoms with Crippen molar-refractivity contribution < 1.29 is 15.0 Å². The van der Waals surface area contributed by atoms with Crippen LogP contribution in [0.1, 0.15) is 10.4 Å². The number of phenols is 2. The summed E-state index contributed by atoms with van der Waals surface area (Å²) in [5.74, 6) is -1.15. The molecular weight excluding hydrogens is 396 g/mol. The monoisotopic (exact) mass is 408 g/mol. The highest BCUT2D eigenvalue weighted by atomic mass is 79.9. The van der Waals surface area contributed by atoms with Gasteiger partial charge in [0.15, 0.2) is 33.2 Å². The van der Waals surface area contributed by atoms with Crippen LogP contribution in [-0.2, 0) is 20.6 Å². The summed E-state index contributed by atoms with van der Waals surface area (Å²) < 4.78 is 3.78. The standard InChI is InChI=1S/C15H13BrN4O5/c1-18-12-11(13(24)19(2)15(18)25)17-14(16)20(12)6-10(23)7-3-4-8(21)9(22)5-7/h3-5,21-22H,6H2,1-2H3. The molecule has 2 N–H and O–H groups in total. The summed E-state index contributed by atoms with van der Waals surface area (Å²) in [6.07, 6.45) is 0. The number of aromatic hydroxyl groups is 2. The van der Waals surface area contributed by atoms with Crippen molar-refractivity contribution in [3.8, 4) is 11.5 Å². The van der Waals surface area contributed by atoms with E-state index in [2.05, 4.69) is 20.9 Å². The Morgan fingerprint density at radius 2 is 1.84 bits per heavy atom. The van der Waals surface area contributed by atoms with Crippen molar-refractivity contribution in [2.45, 2.75) is 6.54 Å². The van der Waals surface area contributed by atoms with E-state index in [4.69, 9.17) is 0 Å². The first-order valence-electron chi connectivity index (χ1n) is 7.09. The molecule has 0 aliphatic heterocycles. The number of fused-ring (bicyclic) bond motifs is 1. The van der Waals surface area contributed by atoms with Crippen LogP contribution in [0.4, 0.5) is 0 Å². The summed E-state index contributed by atoms with van der Waals surface area (Å²) in [5, 5.41) is 18.9. The van der Waals surface area contributed by atoms with Gasteiger partial charge in [-0.3, -0.25) is 23.3 Å². The second-order valence-electron chi connectivity index (χ2n) is 5.47. The molecule has 9 nitrogen and oxygen atoms in total. The second-order valence-corrected chi connectivity index (χ2v) is 6.18. The number of hydrogen-bond donors (Lipinski definition) is 2. The number of halogens is 1. The topological polar surface area (TPSA) is 119 Å². The number of aromatic nitrogens is 4. The number of imidazole rings is 1. The summed E-state index contributed by atoms with van der Waals surface area (Å²) in [5.41, 5.74) is -0.680. The number of ketones is 1. The Hall–Kier alpha value is -2.88. The van der Waals surface area contributed by atoms with Crippen molar-refractivity contribution in [1.29, 1.82) is 0 Å².